The molecule has 5 nitrogen and oxygen atoms in total. The van der Waals surface area contributed by atoms with Gasteiger partial charge < -0.3 is 10.6 Å². The van der Waals surface area contributed by atoms with Crippen molar-refractivity contribution in [1.82, 2.24) is 4.98 Å². The van der Waals surface area contributed by atoms with Gasteiger partial charge in [0.25, 0.3) is 0 Å². The lowest BCUT2D eigenvalue weighted by molar-refractivity contribution is -0.116. The van der Waals surface area contributed by atoms with E-state index in [2.05, 4.69) is 15.6 Å². The van der Waals surface area contributed by atoms with Gasteiger partial charge in [-0.3, -0.25) is 9.59 Å². The third-order valence-electron chi connectivity index (χ3n) is 3.55. The van der Waals surface area contributed by atoms with E-state index in [0.717, 1.165) is 17.7 Å². The number of aromatic nitrogens is 1. The molecule has 2 aromatic carbocycles. The highest BCUT2D eigenvalue weighted by Gasteiger charge is 2.11. The highest BCUT2D eigenvalue weighted by Crippen LogP contribution is 2.18. The molecule has 0 saturated heterocycles. The van der Waals surface area contributed by atoms with E-state index in [1.54, 1.807) is 5.38 Å². The van der Waals surface area contributed by atoms with Gasteiger partial charge in [-0.2, -0.15) is 0 Å². The van der Waals surface area contributed by atoms with Gasteiger partial charge in [-0.15, -0.1) is 11.3 Å². The zero-order valence-corrected chi connectivity index (χ0v) is 14.9. The molecule has 0 aliphatic rings. The van der Waals surface area contributed by atoms with E-state index < -0.39 is 17.5 Å². The van der Waals surface area contributed by atoms with E-state index >= 15 is 0 Å². The van der Waals surface area contributed by atoms with Crippen molar-refractivity contribution in [2.45, 2.75) is 12.8 Å². The van der Waals surface area contributed by atoms with Crippen LogP contribution in [0.15, 0.2) is 53.9 Å². The lowest BCUT2D eigenvalue weighted by Gasteiger charge is -2.04. The van der Waals surface area contributed by atoms with Gasteiger partial charge in [0, 0.05) is 17.1 Å². The van der Waals surface area contributed by atoms with Gasteiger partial charge in [0.1, 0.15) is 0 Å². The molecular formula is C19H15F2N3O2S. The second kappa shape index (κ2) is 8.50. The van der Waals surface area contributed by atoms with Crippen molar-refractivity contribution in [3.8, 4) is 0 Å². The van der Waals surface area contributed by atoms with Crippen LogP contribution in [-0.2, 0) is 22.4 Å². The number of hydrogen-bond acceptors (Lipinski definition) is 4. The average Bonchev–Trinajstić information content (AvgIpc) is 3.05. The lowest BCUT2D eigenvalue weighted by atomic mass is 10.1. The predicted molar refractivity (Wildman–Crippen MR) is 99.6 cm³/mol. The molecule has 2 N–H and O–H groups in total. The summed E-state index contributed by atoms with van der Waals surface area (Å²) in [6.45, 7) is 0. The number of benzene rings is 2. The number of amides is 2. The molecule has 2 amide bonds. The molecule has 138 valence electrons. The van der Waals surface area contributed by atoms with E-state index in [4.69, 9.17) is 0 Å². The second-order valence-electron chi connectivity index (χ2n) is 5.71. The Morgan fingerprint density at radius 1 is 0.926 bits per heavy atom. The summed E-state index contributed by atoms with van der Waals surface area (Å²) < 4.78 is 26.1. The zero-order chi connectivity index (χ0) is 19.2. The maximum Gasteiger partial charge on any atom is 0.230 e. The molecule has 0 aliphatic carbocycles. The van der Waals surface area contributed by atoms with Crippen LogP contribution in [0.25, 0.3) is 0 Å². The summed E-state index contributed by atoms with van der Waals surface area (Å²) in [6, 6.07) is 12.4. The number of nitrogens with one attached hydrogen (secondary N) is 2. The number of carbonyl (C=O) groups is 2. The number of rotatable bonds is 6. The van der Waals surface area contributed by atoms with Crippen LogP contribution in [0.5, 0.6) is 0 Å². The van der Waals surface area contributed by atoms with E-state index in [0.29, 0.717) is 10.8 Å². The normalized spacial score (nSPS) is 10.4. The van der Waals surface area contributed by atoms with Gasteiger partial charge in [0.15, 0.2) is 16.8 Å². The monoisotopic (exact) mass is 387 g/mol. The Balaban J connectivity index is 1.53. The molecule has 0 unspecified atom stereocenters. The molecule has 0 atom stereocenters. The van der Waals surface area contributed by atoms with Crippen LogP contribution in [-0.4, -0.2) is 16.8 Å². The van der Waals surface area contributed by atoms with E-state index in [1.165, 1.54) is 17.4 Å². The van der Waals surface area contributed by atoms with Crippen LogP contribution in [0.3, 0.4) is 0 Å². The largest absolute Gasteiger partial charge is 0.326 e. The number of anilines is 2. The quantitative estimate of drug-likeness (QED) is 0.676. The minimum Gasteiger partial charge on any atom is -0.326 e. The Morgan fingerprint density at radius 3 is 2.41 bits per heavy atom. The summed E-state index contributed by atoms with van der Waals surface area (Å²) >= 11 is 1.21. The molecule has 8 heteroatoms. The molecular weight excluding hydrogens is 372 g/mol. The zero-order valence-electron chi connectivity index (χ0n) is 14.0. The summed E-state index contributed by atoms with van der Waals surface area (Å²) in [4.78, 5) is 28.2. The second-order valence-corrected chi connectivity index (χ2v) is 6.57. The van der Waals surface area contributed by atoms with Crippen molar-refractivity contribution >= 4 is 34.0 Å². The van der Waals surface area contributed by atoms with Crippen LogP contribution < -0.4 is 10.6 Å². The number of thiazole rings is 1. The first-order valence-corrected chi connectivity index (χ1v) is 8.90. The Bertz CT molecular complexity index is 961. The van der Waals surface area contributed by atoms with Crippen molar-refractivity contribution < 1.29 is 18.4 Å². The van der Waals surface area contributed by atoms with Crippen LogP contribution in [0.2, 0.25) is 0 Å². The number of nitrogens with zero attached hydrogens (tertiary/aromatic N) is 1. The van der Waals surface area contributed by atoms with Gasteiger partial charge in [-0.1, -0.05) is 30.3 Å². The van der Waals surface area contributed by atoms with Crippen LogP contribution in [0.4, 0.5) is 19.6 Å². The Morgan fingerprint density at radius 2 is 1.67 bits per heavy atom. The SMILES string of the molecule is O=C(Cc1csc(NC(=O)Cc2ccccc2)n1)Nc1ccc(F)c(F)c1. The Hall–Kier alpha value is -3.13. The van der Waals surface area contributed by atoms with Crippen LogP contribution >= 0.6 is 11.3 Å². The molecule has 1 aromatic heterocycles. The van der Waals surface area contributed by atoms with E-state index in [1.807, 2.05) is 30.3 Å². The predicted octanol–water partition coefficient (Wildman–Crippen LogP) is 3.78. The van der Waals surface area contributed by atoms with Crippen molar-refractivity contribution in [2.24, 2.45) is 0 Å². The van der Waals surface area contributed by atoms with Crippen molar-refractivity contribution in [1.29, 1.82) is 0 Å². The van der Waals surface area contributed by atoms with Gasteiger partial charge in [-0.25, -0.2) is 13.8 Å². The standard InChI is InChI=1S/C19H15F2N3O2S/c20-15-7-6-13(9-16(15)21)22-18(26)10-14-11-27-19(23-14)24-17(25)8-12-4-2-1-3-5-12/h1-7,9,11H,8,10H2,(H,22,26)(H,23,24,25). The molecule has 27 heavy (non-hydrogen) atoms. The fourth-order valence-electron chi connectivity index (χ4n) is 2.33. The Kier molecular flexibility index (Phi) is 5.87. The molecule has 0 bridgehead atoms. The number of halogens is 2. The summed E-state index contributed by atoms with van der Waals surface area (Å²) in [5, 5.41) is 7.22. The number of carbonyl (C=O) groups excluding carboxylic acids is 2. The van der Waals surface area contributed by atoms with Crippen molar-refractivity contribution in [3.63, 3.8) is 0 Å². The molecule has 0 aliphatic heterocycles. The molecule has 0 fully saturated rings. The first-order valence-electron chi connectivity index (χ1n) is 8.02. The van der Waals surface area contributed by atoms with Crippen LogP contribution in [0.1, 0.15) is 11.3 Å². The van der Waals surface area contributed by atoms with Crippen molar-refractivity contribution in [2.75, 3.05) is 10.6 Å². The minimum atomic E-state index is -1.04. The van der Waals surface area contributed by atoms with Crippen LogP contribution in [0, 0.1) is 11.6 Å². The summed E-state index contributed by atoms with van der Waals surface area (Å²) in [5.74, 6) is -2.64. The first kappa shape index (κ1) is 18.7. The summed E-state index contributed by atoms with van der Waals surface area (Å²) in [6.07, 6.45) is 0.177. The van der Waals surface area contributed by atoms with Gasteiger partial charge in [0.05, 0.1) is 18.5 Å². The molecule has 0 spiro atoms. The van der Waals surface area contributed by atoms with Gasteiger partial charge in [0.2, 0.25) is 11.8 Å². The molecule has 1 heterocycles. The third-order valence-corrected chi connectivity index (χ3v) is 4.36. The maximum atomic E-state index is 13.2. The third kappa shape index (κ3) is 5.42. The van der Waals surface area contributed by atoms with Gasteiger partial charge in [-0.05, 0) is 17.7 Å². The van der Waals surface area contributed by atoms with E-state index in [-0.39, 0.29) is 24.4 Å². The summed E-state index contributed by atoms with van der Waals surface area (Å²) in [7, 11) is 0. The highest BCUT2D eigenvalue weighted by atomic mass is 32.1. The summed E-state index contributed by atoms with van der Waals surface area (Å²) in [5.41, 5.74) is 1.51. The maximum absolute atomic E-state index is 13.2. The van der Waals surface area contributed by atoms with Gasteiger partial charge >= 0.3 is 0 Å². The molecule has 3 rings (SSSR count). The smallest absolute Gasteiger partial charge is 0.230 e. The highest BCUT2D eigenvalue weighted by molar-refractivity contribution is 7.13. The first-order chi connectivity index (χ1) is 13.0. The molecule has 0 radical (unpaired) electrons. The Labute approximate surface area is 158 Å². The average molecular weight is 387 g/mol. The topological polar surface area (TPSA) is 71.1 Å². The molecule has 3 aromatic rings. The van der Waals surface area contributed by atoms with Crippen molar-refractivity contribution in [3.05, 3.63) is 76.8 Å². The fraction of sp³-hybridized carbons (Fsp3) is 0.105. The minimum absolute atomic E-state index is 0.0515. The number of hydrogen-bond donors (Lipinski definition) is 2. The fourth-order valence-corrected chi connectivity index (χ4v) is 3.06. The van der Waals surface area contributed by atoms with E-state index in [9.17, 15) is 18.4 Å². The lowest BCUT2D eigenvalue weighted by Crippen LogP contribution is -2.16. The molecule has 0 saturated carbocycles.